The normalized spacial score (nSPS) is 18.6. The van der Waals surface area contributed by atoms with Gasteiger partial charge in [0.2, 0.25) is 0 Å². The number of nitrogens with zero attached hydrogens (tertiary/aromatic N) is 1. The Morgan fingerprint density at radius 1 is 1.43 bits per heavy atom. The molecule has 1 aliphatic rings. The van der Waals surface area contributed by atoms with Crippen molar-refractivity contribution in [1.29, 1.82) is 0 Å². The molecule has 1 heterocycles. The van der Waals surface area contributed by atoms with Crippen LogP contribution in [-0.4, -0.2) is 29.1 Å². The van der Waals surface area contributed by atoms with Gasteiger partial charge in [0, 0.05) is 11.0 Å². The van der Waals surface area contributed by atoms with Crippen molar-refractivity contribution in [3.63, 3.8) is 0 Å². The SMILES string of the molecule is CCCC1(C(=O)O)CCN(Cc2cc(F)ccc2Br)CC1. The molecule has 0 radical (unpaired) electrons. The highest BCUT2D eigenvalue weighted by molar-refractivity contribution is 9.10. The van der Waals surface area contributed by atoms with E-state index in [1.165, 1.54) is 12.1 Å². The summed E-state index contributed by atoms with van der Waals surface area (Å²) in [6, 6.07) is 4.68. The topological polar surface area (TPSA) is 40.5 Å². The van der Waals surface area contributed by atoms with Gasteiger partial charge in [0.15, 0.2) is 0 Å². The second-order valence-corrected chi connectivity index (χ2v) is 6.70. The van der Waals surface area contributed by atoms with Gasteiger partial charge in [-0.3, -0.25) is 9.69 Å². The minimum absolute atomic E-state index is 0.240. The van der Waals surface area contributed by atoms with E-state index in [4.69, 9.17) is 0 Å². The molecule has 1 fully saturated rings. The van der Waals surface area contributed by atoms with E-state index in [2.05, 4.69) is 20.8 Å². The van der Waals surface area contributed by atoms with Gasteiger partial charge in [-0.25, -0.2) is 4.39 Å². The molecular weight excluding hydrogens is 337 g/mol. The predicted molar refractivity (Wildman–Crippen MR) is 83.6 cm³/mol. The van der Waals surface area contributed by atoms with E-state index in [0.717, 1.165) is 36.0 Å². The van der Waals surface area contributed by atoms with Crippen LogP contribution >= 0.6 is 15.9 Å². The minimum atomic E-state index is -0.670. The summed E-state index contributed by atoms with van der Waals surface area (Å²) in [7, 11) is 0. The van der Waals surface area contributed by atoms with E-state index in [-0.39, 0.29) is 5.82 Å². The van der Waals surface area contributed by atoms with Gasteiger partial charge < -0.3 is 5.11 Å². The maximum atomic E-state index is 13.3. The van der Waals surface area contributed by atoms with Gasteiger partial charge in [0.05, 0.1) is 5.41 Å². The molecule has 1 N–H and O–H groups in total. The third-order valence-corrected chi connectivity index (χ3v) is 5.17. The monoisotopic (exact) mass is 357 g/mol. The fourth-order valence-corrected chi connectivity index (χ4v) is 3.47. The first-order valence-electron chi connectivity index (χ1n) is 7.36. The highest BCUT2D eigenvalue weighted by Crippen LogP contribution is 2.37. The van der Waals surface area contributed by atoms with Crippen molar-refractivity contribution in [2.75, 3.05) is 13.1 Å². The number of carbonyl (C=O) groups is 1. The molecule has 1 aromatic carbocycles. The lowest BCUT2D eigenvalue weighted by atomic mass is 9.75. The van der Waals surface area contributed by atoms with Crippen LogP contribution < -0.4 is 0 Å². The van der Waals surface area contributed by atoms with Gasteiger partial charge in [0.25, 0.3) is 0 Å². The first kappa shape index (κ1) is 16.4. The molecule has 1 aromatic rings. The Morgan fingerprint density at radius 3 is 2.67 bits per heavy atom. The Labute approximate surface area is 133 Å². The molecule has 0 aliphatic carbocycles. The van der Waals surface area contributed by atoms with Crippen molar-refractivity contribution in [2.45, 2.75) is 39.2 Å². The van der Waals surface area contributed by atoms with Crippen molar-refractivity contribution in [3.05, 3.63) is 34.1 Å². The molecule has 0 saturated carbocycles. The Balaban J connectivity index is 2.00. The Bertz CT molecular complexity index is 513. The van der Waals surface area contributed by atoms with Gasteiger partial charge in [-0.1, -0.05) is 29.3 Å². The highest BCUT2D eigenvalue weighted by atomic mass is 79.9. The van der Waals surface area contributed by atoms with Crippen LogP contribution in [0.5, 0.6) is 0 Å². The zero-order valence-electron chi connectivity index (χ0n) is 12.2. The summed E-state index contributed by atoms with van der Waals surface area (Å²) in [4.78, 5) is 13.8. The first-order chi connectivity index (χ1) is 9.97. The molecule has 3 nitrogen and oxygen atoms in total. The average Bonchev–Trinajstić information content (AvgIpc) is 2.45. The molecule has 0 unspecified atom stereocenters. The van der Waals surface area contributed by atoms with E-state index in [1.807, 2.05) is 6.92 Å². The van der Waals surface area contributed by atoms with E-state index < -0.39 is 11.4 Å². The third kappa shape index (κ3) is 3.83. The van der Waals surface area contributed by atoms with Gasteiger partial charge in [-0.15, -0.1) is 0 Å². The number of piperidine rings is 1. The zero-order valence-corrected chi connectivity index (χ0v) is 13.8. The number of likely N-dealkylation sites (tertiary alicyclic amines) is 1. The molecule has 5 heteroatoms. The van der Waals surface area contributed by atoms with Crippen molar-refractivity contribution in [2.24, 2.45) is 5.41 Å². The van der Waals surface area contributed by atoms with E-state index >= 15 is 0 Å². The maximum Gasteiger partial charge on any atom is 0.309 e. The quantitative estimate of drug-likeness (QED) is 0.863. The van der Waals surface area contributed by atoms with Crippen LogP contribution in [0.3, 0.4) is 0 Å². The minimum Gasteiger partial charge on any atom is -0.481 e. The fraction of sp³-hybridized carbons (Fsp3) is 0.562. The van der Waals surface area contributed by atoms with Crippen LogP contribution in [-0.2, 0) is 11.3 Å². The highest BCUT2D eigenvalue weighted by Gasteiger charge is 2.40. The number of halogens is 2. The van der Waals surface area contributed by atoms with Gasteiger partial charge in [-0.05, 0) is 56.1 Å². The van der Waals surface area contributed by atoms with Crippen LogP contribution in [0.4, 0.5) is 4.39 Å². The number of hydrogen-bond acceptors (Lipinski definition) is 2. The number of carboxylic acid groups (broad SMARTS) is 1. The van der Waals surface area contributed by atoms with Crippen LogP contribution in [0.2, 0.25) is 0 Å². The molecule has 0 aromatic heterocycles. The summed E-state index contributed by atoms with van der Waals surface area (Å²) in [5, 5.41) is 9.50. The van der Waals surface area contributed by atoms with Crippen LogP contribution in [0, 0.1) is 11.2 Å². The number of carboxylic acids is 1. The van der Waals surface area contributed by atoms with E-state index in [1.54, 1.807) is 6.07 Å². The molecule has 0 atom stereocenters. The lowest BCUT2D eigenvalue weighted by Gasteiger charge is -2.39. The second-order valence-electron chi connectivity index (χ2n) is 5.85. The number of hydrogen-bond donors (Lipinski definition) is 1. The van der Waals surface area contributed by atoms with Crippen molar-refractivity contribution in [1.82, 2.24) is 4.90 Å². The molecule has 116 valence electrons. The van der Waals surface area contributed by atoms with E-state index in [0.29, 0.717) is 19.4 Å². The largest absolute Gasteiger partial charge is 0.481 e. The Hall–Kier alpha value is -0.940. The molecule has 0 bridgehead atoms. The molecule has 1 saturated heterocycles. The molecule has 1 aliphatic heterocycles. The Kier molecular flexibility index (Phi) is 5.38. The van der Waals surface area contributed by atoms with Crippen LogP contribution in [0.1, 0.15) is 38.2 Å². The molecule has 2 rings (SSSR count). The zero-order chi connectivity index (χ0) is 15.5. The van der Waals surface area contributed by atoms with E-state index in [9.17, 15) is 14.3 Å². The van der Waals surface area contributed by atoms with Crippen LogP contribution in [0.15, 0.2) is 22.7 Å². The summed E-state index contributed by atoms with van der Waals surface area (Å²) in [6.07, 6.45) is 2.97. The van der Waals surface area contributed by atoms with Gasteiger partial charge >= 0.3 is 5.97 Å². The number of benzene rings is 1. The second kappa shape index (κ2) is 6.88. The summed E-state index contributed by atoms with van der Waals surface area (Å²) >= 11 is 3.44. The molecule has 21 heavy (non-hydrogen) atoms. The number of rotatable bonds is 5. The maximum absolute atomic E-state index is 13.3. The summed E-state index contributed by atoms with van der Waals surface area (Å²) in [5.74, 6) is -0.910. The molecule has 0 amide bonds. The predicted octanol–water partition coefficient (Wildman–Crippen LogP) is 4.06. The summed E-state index contributed by atoms with van der Waals surface area (Å²) < 4.78 is 14.2. The fourth-order valence-electron chi connectivity index (χ4n) is 3.09. The summed E-state index contributed by atoms with van der Waals surface area (Å²) in [5.41, 5.74) is 0.345. The summed E-state index contributed by atoms with van der Waals surface area (Å²) in [6.45, 7) is 4.17. The lowest BCUT2D eigenvalue weighted by molar-refractivity contribution is -0.152. The van der Waals surface area contributed by atoms with Crippen molar-refractivity contribution < 1.29 is 14.3 Å². The van der Waals surface area contributed by atoms with Crippen molar-refractivity contribution in [3.8, 4) is 0 Å². The lowest BCUT2D eigenvalue weighted by Crippen LogP contribution is -2.44. The first-order valence-corrected chi connectivity index (χ1v) is 8.16. The van der Waals surface area contributed by atoms with Crippen LogP contribution in [0.25, 0.3) is 0 Å². The molecule has 0 spiro atoms. The van der Waals surface area contributed by atoms with Crippen molar-refractivity contribution >= 4 is 21.9 Å². The average molecular weight is 358 g/mol. The smallest absolute Gasteiger partial charge is 0.309 e. The third-order valence-electron chi connectivity index (χ3n) is 4.40. The van der Waals surface area contributed by atoms with Gasteiger partial charge in [0.1, 0.15) is 5.82 Å². The molecular formula is C16H21BrFNO2. The standard InChI is InChI=1S/C16H21BrFNO2/c1-2-5-16(15(20)21)6-8-19(9-7-16)11-12-10-13(18)3-4-14(12)17/h3-4,10H,2,5-9,11H2,1H3,(H,20,21). The number of aliphatic carboxylic acids is 1. The van der Waals surface area contributed by atoms with Gasteiger partial charge in [-0.2, -0.15) is 0 Å². The Morgan fingerprint density at radius 2 is 2.10 bits per heavy atom.